The predicted octanol–water partition coefficient (Wildman–Crippen LogP) is 2.16. The minimum absolute atomic E-state index is 0.148. The summed E-state index contributed by atoms with van der Waals surface area (Å²) in [5.41, 5.74) is 0. The third kappa shape index (κ3) is 11.5. The van der Waals surface area contributed by atoms with Gasteiger partial charge in [-0.25, -0.2) is 0 Å². The van der Waals surface area contributed by atoms with E-state index in [4.69, 9.17) is 14.2 Å². The maximum Gasteiger partial charge on any atom is 0.305 e. The first-order valence-corrected chi connectivity index (χ1v) is 6.12. The molecule has 0 aromatic heterocycles. The van der Waals surface area contributed by atoms with E-state index in [1.807, 2.05) is 6.92 Å². The Morgan fingerprint density at radius 3 is 2.12 bits per heavy atom. The van der Waals surface area contributed by atoms with Crippen molar-refractivity contribution < 1.29 is 19.0 Å². The molecule has 0 unspecified atom stereocenters. The van der Waals surface area contributed by atoms with Gasteiger partial charge in [0.15, 0.2) is 0 Å². The summed E-state index contributed by atoms with van der Waals surface area (Å²) in [6, 6.07) is 0. The molecule has 4 nitrogen and oxygen atoms in total. The molecule has 16 heavy (non-hydrogen) atoms. The van der Waals surface area contributed by atoms with Crippen molar-refractivity contribution in [1.29, 1.82) is 0 Å². The van der Waals surface area contributed by atoms with Crippen LogP contribution in [0.5, 0.6) is 0 Å². The standard InChI is InChI=1S/C12H24O4/c1-3-5-7-14-8-9-15-10-11-16-12(13)6-4-2/h3-11H2,1-2H3. The van der Waals surface area contributed by atoms with Crippen LogP contribution in [0.25, 0.3) is 0 Å². The van der Waals surface area contributed by atoms with Crippen LogP contribution in [0.1, 0.15) is 39.5 Å². The van der Waals surface area contributed by atoms with Crippen molar-refractivity contribution in [2.24, 2.45) is 0 Å². The SMILES string of the molecule is CCCCOCCOCCOC(=O)CCC. The molecule has 0 fully saturated rings. The summed E-state index contributed by atoms with van der Waals surface area (Å²) in [5.74, 6) is -0.148. The number of hydrogen-bond acceptors (Lipinski definition) is 4. The van der Waals surface area contributed by atoms with Gasteiger partial charge in [-0.05, 0) is 12.8 Å². The van der Waals surface area contributed by atoms with Crippen molar-refractivity contribution in [3.63, 3.8) is 0 Å². The summed E-state index contributed by atoms with van der Waals surface area (Å²) in [6.07, 6.45) is 3.55. The highest BCUT2D eigenvalue weighted by molar-refractivity contribution is 5.69. The van der Waals surface area contributed by atoms with Crippen molar-refractivity contribution in [1.82, 2.24) is 0 Å². The molecule has 0 aromatic carbocycles. The van der Waals surface area contributed by atoms with E-state index in [1.54, 1.807) is 0 Å². The van der Waals surface area contributed by atoms with Crippen molar-refractivity contribution in [3.8, 4) is 0 Å². The fourth-order valence-corrected chi connectivity index (χ4v) is 1.06. The highest BCUT2D eigenvalue weighted by Gasteiger charge is 1.99. The van der Waals surface area contributed by atoms with E-state index in [0.29, 0.717) is 32.8 Å². The second-order valence-corrected chi connectivity index (χ2v) is 3.55. The van der Waals surface area contributed by atoms with Crippen molar-refractivity contribution >= 4 is 5.97 Å². The van der Waals surface area contributed by atoms with Crippen LogP contribution in [0.2, 0.25) is 0 Å². The fourth-order valence-electron chi connectivity index (χ4n) is 1.06. The minimum atomic E-state index is -0.148. The molecule has 0 N–H and O–H groups in total. The Labute approximate surface area is 98.3 Å². The quantitative estimate of drug-likeness (QED) is 0.404. The average molecular weight is 232 g/mol. The second kappa shape index (κ2) is 12.5. The number of rotatable bonds is 11. The Kier molecular flexibility index (Phi) is 12.0. The molecule has 0 rings (SSSR count). The lowest BCUT2D eigenvalue weighted by molar-refractivity contribution is -0.145. The Hall–Kier alpha value is -0.610. The van der Waals surface area contributed by atoms with Crippen LogP contribution in [-0.2, 0) is 19.0 Å². The van der Waals surface area contributed by atoms with Crippen LogP contribution in [0.4, 0.5) is 0 Å². The van der Waals surface area contributed by atoms with Gasteiger partial charge in [0.05, 0.1) is 19.8 Å². The average Bonchev–Trinajstić information content (AvgIpc) is 2.27. The molecule has 0 saturated carbocycles. The van der Waals surface area contributed by atoms with Gasteiger partial charge in [0.2, 0.25) is 0 Å². The lowest BCUT2D eigenvalue weighted by Gasteiger charge is -2.06. The molecule has 4 heteroatoms. The number of carbonyl (C=O) groups is 1. The van der Waals surface area contributed by atoms with Gasteiger partial charge >= 0.3 is 5.97 Å². The first kappa shape index (κ1) is 15.4. The zero-order valence-corrected chi connectivity index (χ0v) is 10.5. The minimum Gasteiger partial charge on any atom is -0.463 e. The summed E-state index contributed by atoms with van der Waals surface area (Å²) in [4.78, 5) is 10.9. The van der Waals surface area contributed by atoms with E-state index < -0.39 is 0 Å². The van der Waals surface area contributed by atoms with Crippen molar-refractivity contribution in [3.05, 3.63) is 0 Å². The normalized spacial score (nSPS) is 10.4. The predicted molar refractivity (Wildman–Crippen MR) is 62.4 cm³/mol. The molecule has 0 bridgehead atoms. The molecular weight excluding hydrogens is 208 g/mol. The molecule has 96 valence electrons. The topological polar surface area (TPSA) is 44.8 Å². The lowest BCUT2D eigenvalue weighted by atomic mass is 10.3. The Morgan fingerprint density at radius 1 is 0.875 bits per heavy atom. The molecule has 0 radical (unpaired) electrons. The van der Waals surface area contributed by atoms with Gasteiger partial charge in [-0.3, -0.25) is 4.79 Å². The Balaban J connectivity index is 3.01. The van der Waals surface area contributed by atoms with E-state index in [-0.39, 0.29) is 5.97 Å². The smallest absolute Gasteiger partial charge is 0.305 e. The summed E-state index contributed by atoms with van der Waals surface area (Å²) in [7, 11) is 0. The molecule has 0 aliphatic carbocycles. The second-order valence-electron chi connectivity index (χ2n) is 3.55. The molecule has 0 atom stereocenters. The molecule has 0 saturated heterocycles. The third-order valence-corrected chi connectivity index (χ3v) is 1.96. The first-order valence-electron chi connectivity index (χ1n) is 6.12. The van der Waals surface area contributed by atoms with Crippen LogP contribution in [0.3, 0.4) is 0 Å². The molecule has 0 aromatic rings. The van der Waals surface area contributed by atoms with E-state index in [9.17, 15) is 4.79 Å². The molecule has 0 spiro atoms. The number of ether oxygens (including phenoxy) is 3. The molecule has 0 aliphatic rings. The van der Waals surface area contributed by atoms with E-state index >= 15 is 0 Å². The van der Waals surface area contributed by atoms with Crippen LogP contribution in [0.15, 0.2) is 0 Å². The summed E-state index contributed by atoms with van der Waals surface area (Å²) >= 11 is 0. The Bertz CT molecular complexity index is 159. The Morgan fingerprint density at radius 2 is 1.50 bits per heavy atom. The molecule has 0 amide bonds. The van der Waals surface area contributed by atoms with E-state index in [0.717, 1.165) is 25.9 Å². The number of esters is 1. The highest BCUT2D eigenvalue weighted by Crippen LogP contribution is 1.91. The van der Waals surface area contributed by atoms with Crippen molar-refractivity contribution in [2.75, 3.05) is 33.0 Å². The van der Waals surface area contributed by atoms with Gasteiger partial charge in [0, 0.05) is 13.0 Å². The van der Waals surface area contributed by atoms with Gasteiger partial charge in [-0.2, -0.15) is 0 Å². The van der Waals surface area contributed by atoms with E-state index in [1.165, 1.54) is 0 Å². The first-order chi connectivity index (χ1) is 7.81. The van der Waals surface area contributed by atoms with Gasteiger partial charge in [0.25, 0.3) is 0 Å². The fraction of sp³-hybridized carbons (Fsp3) is 0.917. The van der Waals surface area contributed by atoms with E-state index in [2.05, 4.69) is 6.92 Å². The zero-order valence-electron chi connectivity index (χ0n) is 10.5. The number of unbranched alkanes of at least 4 members (excludes halogenated alkanes) is 1. The maximum absolute atomic E-state index is 10.9. The van der Waals surface area contributed by atoms with Gasteiger partial charge in [0.1, 0.15) is 6.61 Å². The van der Waals surface area contributed by atoms with Crippen molar-refractivity contribution in [2.45, 2.75) is 39.5 Å². The number of hydrogen-bond donors (Lipinski definition) is 0. The summed E-state index contributed by atoms with van der Waals surface area (Å²) in [6.45, 7) is 6.85. The van der Waals surface area contributed by atoms with Gasteiger partial charge in [-0.15, -0.1) is 0 Å². The molecular formula is C12H24O4. The lowest BCUT2D eigenvalue weighted by Crippen LogP contribution is -2.12. The summed E-state index contributed by atoms with van der Waals surface area (Å²) in [5, 5.41) is 0. The monoisotopic (exact) mass is 232 g/mol. The van der Waals surface area contributed by atoms with Gasteiger partial charge in [-0.1, -0.05) is 20.3 Å². The number of carbonyl (C=O) groups excluding carboxylic acids is 1. The molecule has 0 heterocycles. The van der Waals surface area contributed by atoms with Crippen LogP contribution in [-0.4, -0.2) is 39.0 Å². The third-order valence-electron chi connectivity index (χ3n) is 1.96. The highest BCUT2D eigenvalue weighted by atomic mass is 16.6. The zero-order chi connectivity index (χ0) is 12.1. The van der Waals surface area contributed by atoms with Crippen LogP contribution < -0.4 is 0 Å². The summed E-state index contributed by atoms with van der Waals surface area (Å²) < 4.78 is 15.5. The molecule has 0 aliphatic heterocycles. The van der Waals surface area contributed by atoms with Crippen LogP contribution >= 0.6 is 0 Å². The van der Waals surface area contributed by atoms with Crippen LogP contribution in [0, 0.1) is 0 Å². The van der Waals surface area contributed by atoms with Gasteiger partial charge < -0.3 is 14.2 Å². The largest absolute Gasteiger partial charge is 0.463 e. The maximum atomic E-state index is 10.9.